The van der Waals surface area contributed by atoms with Crippen LogP contribution >= 0.6 is 0 Å². The van der Waals surface area contributed by atoms with Crippen LogP contribution in [0.1, 0.15) is 129 Å². The van der Waals surface area contributed by atoms with Gasteiger partial charge in [-0.25, -0.2) is 8.42 Å². The number of aliphatic hydroxyl groups is 1. The molecule has 0 aromatic heterocycles. The lowest BCUT2D eigenvalue weighted by molar-refractivity contribution is 0.0419. The summed E-state index contributed by atoms with van der Waals surface area (Å²) in [5.74, 6) is 0. The summed E-state index contributed by atoms with van der Waals surface area (Å²) in [6.45, 7) is 3.65. The third-order valence-corrected chi connectivity index (χ3v) is 6.27. The molecule has 188 valence electrons. The van der Waals surface area contributed by atoms with Crippen LogP contribution in [-0.4, -0.2) is 30.3 Å². The fourth-order valence-corrected chi connectivity index (χ4v) is 4.45. The molecular formula is C24H51NO5S. The van der Waals surface area contributed by atoms with Gasteiger partial charge in [0.15, 0.2) is 0 Å². The predicted molar refractivity (Wildman–Crippen MR) is 130 cm³/mol. The quantitative estimate of drug-likeness (QED) is 0.0757. The fourth-order valence-electron chi connectivity index (χ4n) is 3.79. The highest BCUT2D eigenvalue weighted by Gasteiger charge is 2.27. The molecule has 0 heterocycles. The first-order valence-electron chi connectivity index (χ1n) is 12.3. The Balaban J connectivity index is 0. The number of hydrogen-bond acceptors (Lipinski definition) is 5. The number of aliphatic hydroxyl groups excluding tert-OH is 1. The molecule has 0 saturated heterocycles. The maximum Gasteiger partial charge on any atom is 0.218 e. The van der Waals surface area contributed by atoms with Gasteiger partial charge in [0.05, 0.1) is 5.60 Å². The normalized spacial score (nSPS) is 13.9. The van der Waals surface area contributed by atoms with Gasteiger partial charge in [0, 0.05) is 13.0 Å². The van der Waals surface area contributed by atoms with Gasteiger partial charge in [-0.3, -0.25) is 4.18 Å². The molecule has 0 aliphatic rings. The Morgan fingerprint density at radius 2 is 1.19 bits per heavy atom. The zero-order valence-corrected chi connectivity index (χ0v) is 21.4. The molecule has 0 amide bonds. The second kappa shape index (κ2) is 21.4. The highest BCUT2D eigenvalue weighted by Crippen LogP contribution is 2.25. The number of hydrogen-bond donors (Lipinski definition) is 2. The van der Waals surface area contributed by atoms with E-state index in [1.165, 1.54) is 83.5 Å². The minimum absolute atomic E-state index is 0. The minimum Gasteiger partial charge on any atom is -0.726 e. The molecule has 0 rings (SSSR count). The van der Waals surface area contributed by atoms with Crippen molar-refractivity contribution in [1.29, 1.82) is 0 Å². The lowest BCUT2D eigenvalue weighted by Crippen LogP contribution is -2.32. The van der Waals surface area contributed by atoms with Gasteiger partial charge >= 0.3 is 0 Å². The zero-order chi connectivity index (χ0) is 22.6. The summed E-state index contributed by atoms with van der Waals surface area (Å²) in [6.07, 6.45) is 25.1. The van der Waals surface area contributed by atoms with E-state index in [0.717, 1.165) is 19.3 Å². The van der Waals surface area contributed by atoms with E-state index >= 15 is 0 Å². The minimum atomic E-state index is -4.74. The van der Waals surface area contributed by atoms with Gasteiger partial charge in [0.1, 0.15) is 0 Å². The Kier molecular flexibility index (Phi) is 22.6. The number of rotatable bonds is 22. The average Bonchev–Trinajstić information content (AvgIpc) is 2.65. The molecule has 0 spiro atoms. The van der Waals surface area contributed by atoms with Gasteiger partial charge in [-0.1, -0.05) is 96.1 Å². The van der Waals surface area contributed by atoms with Crippen molar-refractivity contribution in [1.82, 2.24) is 6.15 Å². The summed E-state index contributed by atoms with van der Waals surface area (Å²) in [4.78, 5) is 0. The molecule has 0 fully saturated rings. The Morgan fingerprint density at radius 1 is 0.774 bits per heavy atom. The lowest BCUT2D eigenvalue weighted by atomic mass is 9.94. The first kappa shape index (κ1) is 32.7. The van der Waals surface area contributed by atoms with Crippen molar-refractivity contribution in [2.45, 2.75) is 135 Å². The van der Waals surface area contributed by atoms with Crippen molar-refractivity contribution in [3.8, 4) is 0 Å². The Hall–Kier alpha value is -0.470. The summed E-state index contributed by atoms with van der Waals surface area (Å²) in [6, 6.07) is 0. The lowest BCUT2D eigenvalue weighted by Gasteiger charge is -2.29. The van der Waals surface area contributed by atoms with Crippen molar-refractivity contribution < 1.29 is 22.3 Å². The monoisotopic (exact) mass is 465 g/mol. The van der Waals surface area contributed by atoms with Crippen LogP contribution in [0.3, 0.4) is 0 Å². The van der Waals surface area contributed by atoms with Gasteiger partial charge in [0.25, 0.3) is 0 Å². The molecule has 0 aliphatic heterocycles. The van der Waals surface area contributed by atoms with Crippen molar-refractivity contribution in [2.24, 2.45) is 0 Å². The van der Waals surface area contributed by atoms with E-state index in [2.05, 4.69) is 23.3 Å². The van der Waals surface area contributed by atoms with Crippen LogP contribution in [0.2, 0.25) is 0 Å². The van der Waals surface area contributed by atoms with Crippen molar-refractivity contribution in [3.05, 3.63) is 12.2 Å². The van der Waals surface area contributed by atoms with Crippen molar-refractivity contribution in [3.63, 3.8) is 0 Å². The average molecular weight is 466 g/mol. The van der Waals surface area contributed by atoms with Gasteiger partial charge in [-0.2, -0.15) is 0 Å². The van der Waals surface area contributed by atoms with E-state index in [0.29, 0.717) is 6.42 Å². The number of quaternary nitrogens is 1. The summed E-state index contributed by atoms with van der Waals surface area (Å²) >= 11 is 0. The highest BCUT2D eigenvalue weighted by atomic mass is 32.3. The van der Waals surface area contributed by atoms with Gasteiger partial charge in [-0.05, 0) is 39.0 Å². The molecule has 0 bridgehead atoms. The van der Waals surface area contributed by atoms with Crippen molar-refractivity contribution in [2.75, 3.05) is 6.61 Å². The predicted octanol–water partition coefficient (Wildman–Crippen LogP) is 7.19. The van der Waals surface area contributed by atoms with E-state index in [1.807, 2.05) is 0 Å². The second-order valence-electron chi connectivity index (χ2n) is 8.81. The first-order chi connectivity index (χ1) is 14.3. The van der Waals surface area contributed by atoms with Crippen LogP contribution in [0.5, 0.6) is 0 Å². The molecule has 1 unspecified atom stereocenters. The summed E-state index contributed by atoms with van der Waals surface area (Å²) in [7, 11) is -4.74. The fraction of sp³-hybridized carbons (Fsp3) is 0.917. The third-order valence-electron chi connectivity index (χ3n) is 5.66. The molecule has 0 aliphatic carbocycles. The van der Waals surface area contributed by atoms with Crippen LogP contribution in [0.15, 0.2) is 12.2 Å². The van der Waals surface area contributed by atoms with Gasteiger partial charge in [0.2, 0.25) is 10.4 Å². The van der Waals surface area contributed by atoms with E-state index in [9.17, 15) is 13.0 Å². The smallest absolute Gasteiger partial charge is 0.218 e. The van der Waals surface area contributed by atoms with Crippen LogP contribution in [0, 0.1) is 0 Å². The third kappa shape index (κ3) is 24.0. The summed E-state index contributed by atoms with van der Waals surface area (Å²) in [5.41, 5.74) is -1.09. The van der Waals surface area contributed by atoms with Gasteiger partial charge in [-0.15, -0.1) is 0 Å². The van der Waals surface area contributed by atoms with E-state index < -0.39 is 16.0 Å². The summed E-state index contributed by atoms with van der Waals surface area (Å²) < 4.78 is 37.2. The molecule has 5 N–H and O–H groups in total. The summed E-state index contributed by atoms with van der Waals surface area (Å²) in [5, 5.41) is 9.07. The molecule has 1 atom stereocenters. The Labute approximate surface area is 192 Å². The van der Waals surface area contributed by atoms with Crippen molar-refractivity contribution >= 4 is 10.4 Å². The molecular weight excluding hydrogens is 414 g/mol. The van der Waals surface area contributed by atoms with Crippen LogP contribution in [0.4, 0.5) is 0 Å². The van der Waals surface area contributed by atoms with E-state index in [4.69, 9.17) is 5.11 Å². The van der Waals surface area contributed by atoms with E-state index in [1.54, 1.807) is 6.92 Å². The maximum absolute atomic E-state index is 10.9. The maximum atomic E-state index is 10.9. The zero-order valence-electron chi connectivity index (χ0n) is 20.6. The number of allylic oxidation sites excluding steroid dienone is 2. The second-order valence-corrected chi connectivity index (χ2v) is 9.79. The molecule has 0 saturated carbocycles. The molecule has 6 nitrogen and oxygen atoms in total. The van der Waals surface area contributed by atoms with Crippen LogP contribution in [-0.2, 0) is 14.6 Å². The molecule has 31 heavy (non-hydrogen) atoms. The highest BCUT2D eigenvalue weighted by molar-refractivity contribution is 7.80. The standard InChI is InChI=1S/C24H48O5S.H3N/c1-3-4-5-6-7-8-9-10-11-12-13-14-15-16-17-18-19-20-21-24(2,22-23-25)29-30(26,27)28;/h10-11,25H,3-9,12-23H2,1-2H3,(H,26,27,28);1H3/b11-10-;. The first-order valence-corrected chi connectivity index (χ1v) is 13.6. The molecule has 7 heteroatoms. The molecule has 0 aromatic carbocycles. The van der Waals surface area contributed by atoms with Gasteiger partial charge < -0.3 is 15.8 Å². The topological polar surface area (TPSA) is 123 Å². The van der Waals surface area contributed by atoms with Crippen LogP contribution < -0.4 is 6.15 Å². The Bertz CT molecular complexity index is 510. The molecule has 0 aromatic rings. The Morgan fingerprint density at radius 3 is 1.61 bits per heavy atom. The number of unbranched alkanes of at least 4 members (excludes halogenated alkanes) is 14. The van der Waals surface area contributed by atoms with E-state index in [-0.39, 0.29) is 19.2 Å². The largest absolute Gasteiger partial charge is 0.726 e. The van der Waals surface area contributed by atoms with Crippen LogP contribution in [0.25, 0.3) is 0 Å². The molecule has 0 radical (unpaired) electrons. The SMILES string of the molecule is CCCCCCCC/C=C\CCCCCCCCCCC(C)(CCO)OS(=O)(=O)[O-].[NH4+].